The van der Waals surface area contributed by atoms with E-state index in [1.54, 1.807) is 26.2 Å². The van der Waals surface area contributed by atoms with Gasteiger partial charge in [-0.25, -0.2) is 0 Å². The van der Waals surface area contributed by atoms with E-state index in [4.69, 9.17) is 4.74 Å². The smallest absolute Gasteiger partial charge is 0.252 e. The van der Waals surface area contributed by atoms with Crippen molar-refractivity contribution in [3.8, 4) is 5.75 Å². The molecule has 134 valence electrons. The number of carbonyl (C=O) groups is 1. The molecule has 0 bridgehead atoms. The van der Waals surface area contributed by atoms with Crippen LogP contribution >= 0.6 is 0 Å². The van der Waals surface area contributed by atoms with Crippen molar-refractivity contribution in [2.75, 3.05) is 7.11 Å². The lowest BCUT2D eigenvalue weighted by Crippen LogP contribution is -2.35. The molecule has 3 rings (SSSR count). The zero-order chi connectivity index (χ0) is 18.7. The van der Waals surface area contributed by atoms with Gasteiger partial charge in [0.05, 0.1) is 12.6 Å². The van der Waals surface area contributed by atoms with Gasteiger partial charge in [-0.1, -0.05) is 42.5 Å². The van der Waals surface area contributed by atoms with Crippen LogP contribution in [0.5, 0.6) is 5.75 Å². The van der Waals surface area contributed by atoms with Crippen molar-refractivity contribution in [2.24, 2.45) is 0 Å². The van der Waals surface area contributed by atoms with Crippen LogP contribution in [0.3, 0.4) is 0 Å². The number of carbonyl (C=O) groups excluding carboxylic acids is 1. The Labute approximate surface area is 152 Å². The summed E-state index contributed by atoms with van der Waals surface area (Å²) in [7, 11) is 1.56. The summed E-state index contributed by atoms with van der Waals surface area (Å²) in [6.45, 7) is 4.02. The Bertz CT molecular complexity index is 993. The number of aromatic nitrogens is 1. The summed E-state index contributed by atoms with van der Waals surface area (Å²) in [5.41, 5.74) is 2.29. The first kappa shape index (κ1) is 17.7. The Morgan fingerprint density at radius 1 is 1.15 bits per heavy atom. The molecule has 0 spiro atoms. The minimum Gasteiger partial charge on any atom is -0.495 e. The SMILES string of the molecule is COc1cccc2c(C)cc(=O)n(C(C)C(=O)NCc3ccccc3)c12. The van der Waals surface area contributed by atoms with Gasteiger partial charge in [-0.15, -0.1) is 0 Å². The molecule has 0 saturated carbocycles. The number of fused-ring (bicyclic) bond motifs is 1. The monoisotopic (exact) mass is 350 g/mol. The lowest BCUT2D eigenvalue weighted by atomic mass is 10.1. The van der Waals surface area contributed by atoms with E-state index in [9.17, 15) is 9.59 Å². The largest absolute Gasteiger partial charge is 0.495 e. The Hall–Kier alpha value is -3.08. The topological polar surface area (TPSA) is 60.3 Å². The van der Waals surface area contributed by atoms with E-state index in [0.717, 1.165) is 16.5 Å². The van der Waals surface area contributed by atoms with Gasteiger partial charge in [0.1, 0.15) is 11.8 Å². The van der Waals surface area contributed by atoms with Crippen LogP contribution in [0.15, 0.2) is 59.4 Å². The summed E-state index contributed by atoms with van der Waals surface area (Å²) >= 11 is 0. The molecule has 1 unspecified atom stereocenters. The van der Waals surface area contributed by atoms with Gasteiger partial charge in [-0.05, 0) is 31.0 Å². The van der Waals surface area contributed by atoms with Gasteiger partial charge in [-0.2, -0.15) is 0 Å². The minimum absolute atomic E-state index is 0.216. The fourth-order valence-electron chi connectivity index (χ4n) is 3.13. The number of nitrogens with zero attached hydrogens (tertiary/aromatic N) is 1. The third-order valence-electron chi connectivity index (χ3n) is 4.54. The van der Waals surface area contributed by atoms with Crippen LogP contribution in [0, 0.1) is 6.92 Å². The van der Waals surface area contributed by atoms with Gasteiger partial charge in [0.2, 0.25) is 5.91 Å². The van der Waals surface area contributed by atoms with Crippen LogP contribution in [0.1, 0.15) is 24.1 Å². The molecule has 1 atom stereocenters. The van der Waals surface area contributed by atoms with Gasteiger partial charge in [0, 0.05) is 18.0 Å². The predicted octanol–water partition coefficient (Wildman–Crippen LogP) is 3.20. The fourth-order valence-corrected chi connectivity index (χ4v) is 3.13. The number of ether oxygens (including phenoxy) is 1. The van der Waals surface area contributed by atoms with Crippen molar-refractivity contribution in [2.45, 2.75) is 26.4 Å². The van der Waals surface area contributed by atoms with Crippen molar-refractivity contribution < 1.29 is 9.53 Å². The molecule has 1 amide bonds. The molecule has 26 heavy (non-hydrogen) atoms. The quantitative estimate of drug-likeness (QED) is 0.769. The van der Waals surface area contributed by atoms with E-state index in [2.05, 4.69) is 5.32 Å². The van der Waals surface area contributed by atoms with Crippen LogP contribution in [0.25, 0.3) is 10.9 Å². The second-order valence-electron chi connectivity index (χ2n) is 6.27. The highest BCUT2D eigenvalue weighted by Crippen LogP contribution is 2.28. The first-order valence-electron chi connectivity index (χ1n) is 8.53. The van der Waals surface area contributed by atoms with Crippen molar-refractivity contribution >= 4 is 16.8 Å². The fraction of sp³-hybridized carbons (Fsp3) is 0.238. The molecule has 1 aromatic heterocycles. The molecule has 5 heteroatoms. The van der Waals surface area contributed by atoms with Gasteiger partial charge < -0.3 is 10.1 Å². The lowest BCUT2D eigenvalue weighted by molar-refractivity contribution is -0.124. The number of hydrogen-bond donors (Lipinski definition) is 1. The molecule has 0 radical (unpaired) electrons. The maximum atomic E-state index is 12.7. The van der Waals surface area contributed by atoms with Crippen LogP contribution in [-0.2, 0) is 11.3 Å². The second kappa shape index (κ2) is 7.44. The first-order chi connectivity index (χ1) is 12.5. The molecule has 0 aliphatic rings. The summed E-state index contributed by atoms with van der Waals surface area (Å²) in [6, 6.07) is 16.2. The lowest BCUT2D eigenvalue weighted by Gasteiger charge is -2.20. The maximum Gasteiger partial charge on any atom is 0.252 e. The number of amides is 1. The highest BCUT2D eigenvalue weighted by Gasteiger charge is 2.21. The molecule has 0 fully saturated rings. The van der Waals surface area contributed by atoms with Gasteiger partial charge in [0.25, 0.3) is 5.56 Å². The van der Waals surface area contributed by atoms with Crippen molar-refractivity contribution in [3.63, 3.8) is 0 Å². The Morgan fingerprint density at radius 3 is 2.58 bits per heavy atom. The zero-order valence-corrected chi connectivity index (χ0v) is 15.2. The summed E-state index contributed by atoms with van der Waals surface area (Å²) in [4.78, 5) is 25.4. The Kier molecular flexibility index (Phi) is 5.07. The highest BCUT2D eigenvalue weighted by molar-refractivity contribution is 5.90. The summed E-state index contributed by atoms with van der Waals surface area (Å²) in [5, 5.41) is 3.80. The van der Waals surface area contributed by atoms with E-state index in [1.165, 1.54) is 4.57 Å². The molecular formula is C21H22N2O3. The number of methoxy groups -OCH3 is 1. The number of benzene rings is 2. The van der Waals surface area contributed by atoms with E-state index in [-0.39, 0.29) is 11.5 Å². The third kappa shape index (κ3) is 3.33. The normalized spacial score (nSPS) is 12.0. The molecule has 0 saturated heterocycles. The number of pyridine rings is 1. The summed E-state index contributed by atoms with van der Waals surface area (Å²) in [5.74, 6) is 0.359. The maximum absolute atomic E-state index is 12.7. The van der Waals surface area contributed by atoms with E-state index < -0.39 is 6.04 Å². The number of hydrogen-bond acceptors (Lipinski definition) is 3. The van der Waals surface area contributed by atoms with E-state index in [1.807, 2.05) is 49.4 Å². The summed E-state index contributed by atoms with van der Waals surface area (Å²) < 4.78 is 6.95. The molecular weight excluding hydrogens is 328 g/mol. The molecule has 2 aromatic carbocycles. The second-order valence-corrected chi connectivity index (χ2v) is 6.27. The van der Waals surface area contributed by atoms with Crippen molar-refractivity contribution in [1.29, 1.82) is 0 Å². The summed E-state index contributed by atoms with van der Waals surface area (Å²) in [6.07, 6.45) is 0. The third-order valence-corrected chi connectivity index (χ3v) is 4.54. The van der Waals surface area contributed by atoms with Crippen molar-refractivity contribution in [1.82, 2.24) is 9.88 Å². The standard InChI is InChI=1S/C21H22N2O3/c1-14-12-19(24)23(20-17(14)10-7-11-18(20)26-3)15(2)21(25)22-13-16-8-5-4-6-9-16/h4-12,15H,13H2,1-3H3,(H,22,25). The molecule has 1 N–H and O–H groups in total. The first-order valence-corrected chi connectivity index (χ1v) is 8.53. The molecule has 0 aliphatic carbocycles. The van der Waals surface area contributed by atoms with Gasteiger partial charge in [0.15, 0.2) is 0 Å². The average Bonchev–Trinajstić information content (AvgIpc) is 2.66. The molecule has 0 aliphatic heterocycles. The highest BCUT2D eigenvalue weighted by atomic mass is 16.5. The van der Waals surface area contributed by atoms with Crippen LogP contribution < -0.4 is 15.6 Å². The Balaban J connectivity index is 1.98. The number of para-hydroxylation sites is 1. The molecule has 1 heterocycles. The van der Waals surface area contributed by atoms with Crippen LogP contribution in [0.4, 0.5) is 0 Å². The number of nitrogens with one attached hydrogen (secondary N) is 1. The van der Waals surface area contributed by atoms with Crippen LogP contribution in [0.2, 0.25) is 0 Å². The van der Waals surface area contributed by atoms with Crippen LogP contribution in [-0.4, -0.2) is 17.6 Å². The van der Waals surface area contributed by atoms with Crippen molar-refractivity contribution in [3.05, 3.63) is 76.1 Å². The molecule has 5 nitrogen and oxygen atoms in total. The average molecular weight is 350 g/mol. The number of aryl methyl sites for hydroxylation is 1. The van der Waals surface area contributed by atoms with E-state index >= 15 is 0 Å². The Morgan fingerprint density at radius 2 is 1.88 bits per heavy atom. The van der Waals surface area contributed by atoms with Gasteiger partial charge in [-0.3, -0.25) is 14.2 Å². The zero-order valence-electron chi connectivity index (χ0n) is 15.2. The molecule has 3 aromatic rings. The predicted molar refractivity (Wildman–Crippen MR) is 102 cm³/mol. The number of rotatable bonds is 5. The van der Waals surface area contributed by atoms with E-state index in [0.29, 0.717) is 17.8 Å². The minimum atomic E-state index is -0.661. The van der Waals surface area contributed by atoms with Gasteiger partial charge >= 0.3 is 0 Å².